The number of rotatable bonds is 3. The minimum atomic E-state index is 0.703. The van der Waals surface area contributed by atoms with Gasteiger partial charge in [-0.3, -0.25) is 0 Å². The van der Waals surface area contributed by atoms with Gasteiger partial charge in [-0.25, -0.2) is 0 Å². The van der Waals surface area contributed by atoms with Crippen LogP contribution in [0.2, 0.25) is 0 Å². The maximum atomic E-state index is 5.33. The smallest absolute Gasteiger partial charge is 0.0727 e. The van der Waals surface area contributed by atoms with Crippen LogP contribution < -0.4 is 0 Å². The fourth-order valence-electron chi connectivity index (χ4n) is 0.866. The molecule has 3 heteroatoms. The minimum Gasteiger partial charge on any atom is -0.377 e. The molecular formula is C9H10BrIO. The molecule has 12 heavy (non-hydrogen) atoms. The van der Waals surface area contributed by atoms with Crippen LogP contribution >= 0.6 is 38.5 Å². The molecule has 1 aromatic carbocycles. The summed E-state index contributed by atoms with van der Waals surface area (Å²) in [7, 11) is 0. The Labute approximate surface area is 94.8 Å². The molecule has 0 saturated heterocycles. The van der Waals surface area contributed by atoms with Crippen molar-refractivity contribution < 1.29 is 4.74 Å². The summed E-state index contributed by atoms with van der Waals surface area (Å²) in [6.07, 6.45) is 0. The first kappa shape index (κ1) is 10.5. The van der Waals surface area contributed by atoms with Gasteiger partial charge in [-0.15, -0.1) is 0 Å². The van der Waals surface area contributed by atoms with Crippen LogP contribution in [0, 0.1) is 3.57 Å². The van der Waals surface area contributed by atoms with Crippen molar-refractivity contribution in [3.63, 3.8) is 0 Å². The molecule has 0 aliphatic rings. The Bertz CT molecular complexity index is 263. The summed E-state index contributed by atoms with van der Waals surface area (Å²) in [6.45, 7) is 3.47. The van der Waals surface area contributed by atoms with Gasteiger partial charge in [-0.2, -0.15) is 0 Å². The third-order valence-electron chi connectivity index (χ3n) is 1.47. The molecular weight excluding hydrogens is 331 g/mol. The van der Waals surface area contributed by atoms with Crippen LogP contribution in [0.3, 0.4) is 0 Å². The average molecular weight is 341 g/mol. The van der Waals surface area contributed by atoms with Crippen molar-refractivity contribution in [3.8, 4) is 0 Å². The Morgan fingerprint density at radius 2 is 2.25 bits per heavy atom. The summed E-state index contributed by atoms with van der Waals surface area (Å²) in [5.74, 6) is 0. The average Bonchev–Trinajstić information content (AvgIpc) is 2.07. The van der Waals surface area contributed by atoms with Gasteiger partial charge in [0.2, 0.25) is 0 Å². The number of hydrogen-bond acceptors (Lipinski definition) is 1. The molecule has 0 saturated carbocycles. The van der Waals surface area contributed by atoms with Gasteiger partial charge in [0.15, 0.2) is 0 Å². The van der Waals surface area contributed by atoms with E-state index in [-0.39, 0.29) is 0 Å². The molecule has 1 aromatic rings. The van der Waals surface area contributed by atoms with Gasteiger partial charge in [0.1, 0.15) is 0 Å². The van der Waals surface area contributed by atoms with Crippen molar-refractivity contribution in [2.45, 2.75) is 13.5 Å². The fraction of sp³-hybridized carbons (Fsp3) is 0.333. The second-order valence-electron chi connectivity index (χ2n) is 2.37. The van der Waals surface area contributed by atoms with E-state index >= 15 is 0 Å². The SMILES string of the molecule is CCOCc1cc(Br)ccc1I. The third kappa shape index (κ3) is 3.03. The Morgan fingerprint density at radius 3 is 2.92 bits per heavy atom. The van der Waals surface area contributed by atoms with Crippen molar-refractivity contribution in [1.29, 1.82) is 0 Å². The monoisotopic (exact) mass is 340 g/mol. The standard InChI is InChI=1S/C9H10BrIO/c1-2-12-6-7-5-8(10)3-4-9(7)11/h3-5H,2,6H2,1H3. The van der Waals surface area contributed by atoms with E-state index in [9.17, 15) is 0 Å². The Morgan fingerprint density at radius 1 is 1.50 bits per heavy atom. The van der Waals surface area contributed by atoms with E-state index in [1.807, 2.05) is 13.0 Å². The first-order valence-electron chi connectivity index (χ1n) is 3.75. The molecule has 0 aliphatic heterocycles. The van der Waals surface area contributed by atoms with Gasteiger partial charge in [-0.1, -0.05) is 15.9 Å². The van der Waals surface area contributed by atoms with E-state index in [2.05, 4.69) is 50.7 Å². The van der Waals surface area contributed by atoms with E-state index in [1.165, 1.54) is 9.13 Å². The Balaban J connectivity index is 2.75. The zero-order valence-corrected chi connectivity index (χ0v) is 10.6. The first-order valence-corrected chi connectivity index (χ1v) is 5.63. The number of halogens is 2. The molecule has 0 amide bonds. The zero-order valence-electron chi connectivity index (χ0n) is 6.81. The number of hydrogen-bond donors (Lipinski definition) is 0. The van der Waals surface area contributed by atoms with Crippen LogP contribution in [0.25, 0.3) is 0 Å². The largest absolute Gasteiger partial charge is 0.377 e. The van der Waals surface area contributed by atoms with Crippen molar-refractivity contribution in [1.82, 2.24) is 0 Å². The van der Waals surface area contributed by atoms with Gasteiger partial charge in [0.25, 0.3) is 0 Å². The minimum absolute atomic E-state index is 0.703. The number of benzene rings is 1. The summed E-state index contributed by atoms with van der Waals surface area (Å²) in [5.41, 5.74) is 1.24. The van der Waals surface area contributed by atoms with Crippen molar-refractivity contribution >= 4 is 38.5 Å². The van der Waals surface area contributed by atoms with Gasteiger partial charge in [0.05, 0.1) is 6.61 Å². The molecule has 0 heterocycles. The lowest BCUT2D eigenvalue weighted by atomic mass is 10.2. The van der Waals surface area contributed by atoms with Crippen LogP contribution in [-0.4, -0.2) is 6.61 Å². The Kier molecular flexibility index (Phi) is 4.53. The maximum Gasteiger partial charge on any atom is 0.0727 e. The van der Waals surface area contributed by atoms with Crippen LogP contribution in [0.4, 0.5) is 0 Å². The molecule has 0 spiro atoms. The highest BCUT2D eigenvalue weighted by Gasteiger charge is 1.99. The fourth-order valence-corrected chi connectivity index (χ4v) is 1.77. The number of ether oxygens (including phenoxy) is 1. The van der Waals surface area contributed by atoms with Crippen LogP contribution in [0.15, 0.2) is 22.7 Å². The first-order chi connectivity index (χ1) is 5.74. The maximum absolute atomic E-state index is 5.33. The summed E-state index contributed by atoms with van der Waals surface area (Å²) in [5, 5.41) is 0. The van der Waals surface area contributed by atoms with Crippen LogP contribution in [0.1, 0.15) is 12.5 Å². The topological polar surface area (TPSA) is 9.23 Å². The quantitative estimate of drug-likeness (QED) is 0.764. The molecule has 1 rings (SSSR count). The van der Waals surface area contributed by atoms with Crippen molar-refractivity contribution in [2.75, 3.05) is 6.61 Å². The van der Waals surface area contributed by atoms with Crippen molar-refractivity contribution in [2.24, 2.45) is 0 Å². The highest BCUT2D eigenvalue weighted by molar-refractivity contribution is 14.1. The Hall–Kier alpha value is 0.390. The van der Waals surface area contributed by atoms with E-state index in [0.717, 1.165) is 11.1 Å². The molecule has 0 aliphatic carbocycles. The second kappa shape index (κ2) is 5.19. The molecule has 0 N–H and O–H groups in total. The lowest BCUT2D eigenvalue weighted by Crippen LogP contribution is -1.94. The molecule has 0 bridgehead atoms. The molecule has 0 atom stereocenters. The third-order valence-corrected chi connectivity index (χ3v) is 3.02. The highest BCUT2D eigenvalue weighted by atomic mass is 127. The predicted octanol–water partition coefficient (Wildman–Crippen LogP) is 3.59. The van der Waals surface area contributed by atoms with Crippen LogP contribution in [-0.2, 0) is 11.3 Å². The van der Waals surface area contributed by atoms with Crippen LogP contribution in [0.5, 0.6) is 0 Å². The van der Waals surface area contributed by atoms with Crippen molar-refractivity contribution in [3.05, 3.63) is 31.8 Å². The van der Waals surface area contributed by atoms with Gasteiger partial charge < -0.3 is 4.74 Å². The molecule has 0 unspecified atom stereocenters. The molecule has 0 aromatic heterocycles. The summed E-state index contributed by atoms with van der Waals surface area (Å²) >= 11 is 5.75. The normalized spacial score (nSPS) is 10.2. The molecule has 0 fully saturated rings. The van der Waals surface area contributed by atoms with E-state index in [0.29, 0.717) is 6.61 Å². The summed E-state index contributed by atoms with van der Waals surface area (Å²) < 4.78 is 7.69. The van der Waals surface area contributed by atoms with E-state index < -0.39 is 0 Å². The van der Waals surface area contributed by atoms with Gasteiger partial charge in [-0.05, 0) is 53.3 Å². The zero-order chi connectivity index (χ0) is 8.97. The molecule has 66 valence electrons. The predicted molar refractivity (Wildman–Crippen MR) is 62.2 cm³/mol. The highest BCUT2D eigenvalue weighted by Crippen LogP contribution is 2.18. The lowest BCUT2D eigenvalue weighted by Gasteiger charge is -2.04. The second-order valence-corrected chi connectivity index (χ2v) is 4.45. The molecule has 1 nitrogen and oxygen atoms in total. The molecule has 0 radical (unpaired) electrons. The van der Waals surface area contributed by atoms with Gasteiger partial charge >= 0.3 is 0 Å². The van der Waals surface area contributed by atoms with E-state index in [1.54, 1.807) is 0 Å². The summed E-state index contributed by atoms with van der Waals surface area (Å²) in [4.78, 5) is 0. The van der Waals surface area contributed by atoms with E-state index in [4.69, 9.17) is 4.74 Å². The summed E-state index contributed by atoms with van der Waals surface area (Å²) in [6, 6.07) is 6.22. The van der Waals surface area contributed by atoms with Gasteiger partial charge in [0, 0.05) is 14.6 Å². The lowest BCUT2D eigenvalue weighted by molar-refractivity contribution is 0.133.